The van der Waals surface area contributed by atoms with Gasteiger partial charge in [-0.05, 0) is 78.4 Å². The normalized spacial score (nSPS) is 20.2. The monoisotopic (exact) mass is 738 g/mol. The molecule has 0 radical (unpaired) electrons. The molecule has 2 aliphatic heterocycles. The van der Waals surface area contributed by atoms with E-state index in [0.29, 0.717) is 11.6 Å². The molecule has 4 amide bonds. The Bertz CT molecular complexity index is 2020. The predicted octanol–water partition coefficient (Wildman–Crippen LogP) is 6.76. The van der Waals surface area contributed by atoms with Gasteiger partial charge >= 0.3 is 12.2 Å². The van der Waals surface area contributed by atoms with Crippen molar-refractivity contribution in [3.8, 4) is 33.6 Å². The molecule has 2 aliphatic rings. The largest absolute Gasteiger partial charge is 0.465 e. The number of hydrogen-bond acceptors (Lipinski definition) is 7. The Morgan fingerprint density at radius 2 is 1.15 bits per heavy atom. The summed E-state index contributed by atoms with van der Waals surface area (Å²) in [7, 11) is 2.69. The minimum absolute atomic E-state index is 0.0142. The van der Waals surface area contributed by atoms with Gasteiger partial charge in [-0.1, -0.05) is 48.5 Å². The molecule has 6 rings (SSSR count). The fourth-order valence-corrected chi connectivity index (χ4v) is 7.55. The van der Waals surface area contributed by atoms with Crippen LogP contribution in [0.1, 0.15) is 91.0 Å². The first kappa shape index (κ1) is 38.1. The van der Waals surface area contributed by atoms with E-state index in [4.69, 9.17) is 14.7 Å². The Morgan fingerprint density at radius 1 is 0.741 bits per heavy atom. The van der Waals surface area contributed by atoms with Gasteiger partial charge in [0.25, 0.3) is 0 Å². The maximum absolute atomic E-state index is 13.7. The van der Waals surface area contributed by atoms with E-state index in [1.54, 1.807) is 32.6 Å². The number of likely N-dealkylation sites (tertiary alicyclic amines) is 2. The average molecular weight is 739 g/mol. The molecular formula is C40H50N8O6. The summed E-state index contributed by atoms with van der Waals surface area (Å²) in [5.41, 5.74) is 3.09. The maximum atomic E-state index is 13.7. The zero-order chi connectivity index (χ0) is 39.1. The fraction of sp³-hybridized carbons (Fsp3) is 0.450. The number of rotatable bonds is 9. The second-order valence-electron chi connectivity index (χ2n) is 15.4. The number of nitrogens with one attached hydrogen (secondary N) is 3. The lowest BCUT2D eigenvalue weighted by Crippen LogP contribution is -2.57. The van der Waals surface area contributed by atoms with Crippen LogP contribution in [0.25, 0.3) is 33.6 Å². The summed E-state index contributed by atoms with van der Waals surface area (Å²) in [5, 5.41) is 12.2. The van der Waals surface area contributed by atoms with Gasteiger partial charge in [0.05, 0.1) is 30.6 Å². The summed E-state index contributed by atoms with van der Waals surface area (Å²) in [6, 6.07) is 15.7. The van der Waals surface area contributed by atoms with E-state index in [2.05, 4.69) is 27.4 Å². The van der Waals surface area contributed by atoms with Crippen molar-refractivity contribution in [2.24, 2.45) is 0 Å². The molecule has 4 aromatic rings. The molecule has 286 valence electrons. The van der Waals surface area contributed by atoms with Crippen LogP contribution in [0.15, 0.2) is 60.9 Å². The number of ether oxygens (including phenoxy) is 1. The fourth-order valence-electron chi connectivity index (χ4n) is 7.55. The number of alkyl carbamates (subject to hydrolysis) is 1. The molecule has 14 heteroatoms. The summed E-state index contributed by atoms with van der Waals surface area (Å²) in [5.74, 6) is 0.937. The molecule has 0 bridgehead atoms. The molecule has 14 nitrogen and oxygen atoms in total. The van der Waals surface area contributed by atoms with Gasteiger partial charge in [0.15, 0.2) is 0 Å². The van der Waals surface area contributed by atoms with Crippen LogP contribution in [-0.2, 0) is 14.3 Å². The van der Waals surface area contributed by atoms with Crippen molar-refractivity contribution in [2.75, 3.05) is 14.2 Å². The molecular weight excluding hydrogens is 688 g/mol. The number of amides is 4. The number of hydrogen-bond donors (Lipinski definition) is 4. The number of aromatic amines is 2. The highest BCUT2D eigenvalue weighted by molar-refractivity contribution is 5.90. The van der Waals surface area contributed by atoms with E-state index < -0.39 is 23.3 Å². The number of methoxy groups -OCH3 is 1. The van der Waals surface area contributed by atoms with Gasteiger partial charge in [-0.25, -0.2) is 19.6 Å². The van der Waals surface area contributed by atoms with Crippen LogP contribution in [0.4, 0.5) is 9.59 Å². The SMILES string of the molecule is COC(=O)NC(C)(C)C(=O)N1C(C)CCC1c1nc(-c2ccc(-c3ccc(-c4c[nH]c([C@@H]5CC[C@H](C)N5C(=O)C(C)(C)N(C)C(=O)O)n4)cc3)cc2)c[nH]1. The number of carbonyl (C=O) groups excluding carboxylic acids is 3. The Kier molecular flexibility index (Phi) is 10.3. The number of H-pyrrole nitrogens is 2. The van der Waals surface area contributed by atoms with Crippen molar-refractivity contribution >= 4 is 24.0 Å². The molecule has 2 fully saturated rings. The third-order valence-corrected chi connectivity index (χ3v) is 11.1. The number of likely N-dealkylation sites (N-methyl/N-ethyl adjacent to an activating group) is 1. The molecule has 54 heavy (non-hydrogen) atoms. The van der Waals surface area contributed by atoms with Crippen LogP contribution < -0.4 is 5.32 Å². The van der Waals surface area contributed by atoms with E-state index in [1.807, 2.05) is 67.5 Å². The zero-order valence-corrected chi connectivity index (χ0v) is 32.1. The average Bonchev–Trinajstić information content (AvgIpc) is 3.97. The first-order valence-corrected chi connectivity index (χ1v) is 18.3. The van der Waals surface area contributed by atoms with E-state index in [-0.39, 0.29) is 36.0 Å². The van der Waals surface area contributed by atoms with Gasteiger partial charge in [0.1, 0.15) is 22.7 Å². The van der Waals surface area contributed by atoms with Gasteiger partial charge in [-0.15, -0.1) is 0 Å². The van der Waals surface area contributed by atoms with E-state index in [9.17, 15) is 24.3 Å². The highest BCUT2D eigenvalue weighted by Gasteiger charge is 2.46. The second kappa shape index (κ2) is 14.6. The van der Waals surface area contributed by atoms with Gasteiger partial charge in [0.2, 0.25) is 11.8 Å². The third kappa shape index (κ3) is 7.16. The number of aromatic nitrogens is 4. The quantitative estimate of drug-likeness (QED) is 0.146. The van der Waals surface area contributed by atoms with E-state index >= 15 is 0 Å². The Balaban J connectivity index is 1.13. The van der Waals surface area contributed by atoms with Crippen LogP contribution in [0.3, 0.4) is 0 Å². The summed E-state index contributed by atoms with van der Waals surface area (Å²) < 4.78 is 4.73. The minimum Gasteiger partial charge on any atom is -0.465 e. The zero-order valence-electron chi connectivity index (χ0n) is 32.1. The highest BCUT2D eigenvalue weighted by atomic mass is 16.5. The molecule has 2 aromatic heterocycles. The molecule has 2 unspecified atom stereocenters. The molecule has 0 aliphatic carbocycles. The number of carbonyl (C=O) groups is 4. The summed E-state index contributed by atoms with van der Waals surface area (Å²) in [4.78, 5) is 71.9. The van der Waals surface area contributed by atoms with Crippen molar-refractivity contribution in [1.29, 1.82) is 0 Å². The van der Waals surface area contributed by atoms with E-state index in [0.717, 1.165) is 64.2 Å². The first-order valence-electron chi connectivity index (χ1n) is 18.3. The van der Waals surface area contributed by atoms with E-state index in [1.165, 1.54) is 14.2 Å². The van der Waals surface area contributed by atoms with Gasteiger partial charge < -0.3 is 34.9 Å². The highest BCUT2D eigenvalue weighted by Crippen LogP contribution is 2.39. The van der Waals surface area contributed by atoms with Crippen LogP contribution >= 0.6 is 0 Å². The third-order valence-electron chi connectivity index (χ3n) is 11.1. The molecule has 4 heterocycles. The maximum Gasteiger partial charge on any atom is 0.407 e. The van der Waals surface area contributed by atoms with Crippen LogP contribution in [-0.4, -0.2) is 101 Å². The Morgan fingerprint density at radius 3 is 1.56 bits per heavy atom. The summed E-state index contributed by atoms with van der Waals surface area (Å²) >= 11 is 0. The lowest BCUT2D eigenvalue weighted by atomic mass is 10.0. The molecule has 0 spiro atoms. The molecule has 2 saturated heterocycles. The number of imidazole rings is 2. The number of carboxylic acid groups (broad SMARTS) is 1. The Labute approximate surface area is 315 Å². The molecule has 0 saturated carbocycles. The minimum atomic E-state index is -1.23. The molecule has 2 aromatic carbocycles. The number of benzene rings is 2. The predicted molar refractivity (Wildman–Crippen MR) is 203 cm³/mol. The van der Waals surface area contributed by atoms with Gasteiger partial charge in [0, 0.05) is 42.7 Å². The van der Waals surface area contributed by atoms with Crippen molar-refractivity contribution in [2.45, 2.75) is 102 Å². The topological polar surface area (TPSA) is 177 Å². The van der Waals surface area contributed by atoms with Crippen molar-refractivity contribution < 1.29 is 29.0 Å². The molecule has 4 N–H and O–H groups in total. The molecule has 4 atom stereocenters. The first-order chi connectivity index (χ1) is 25.5. The van der Waals surface area contributed by atoms with Crippen molar-refractivity contribution in [3.05, 3.63) is 72.6 Å². The van der Waals surface area contributed by atoms with Crippen LogP contribution in [0.2, 0.25) is 0 Å². The smallest absolute Gasteiger partial charge is 0.407 e. The van der Waals surface area contributed by atoms with Gasteiger partial charge in [-0.3, -0.25) is 14.5 Å². The van der Waals surface area contributed by atoms with Crippen LogP contribution in [0, 0.1) is 0 Å². The van der Waals surface area contributed by atoms with Crippen molar-refractivity contribution in [1.82, 2.24) is 40.0 Å². The standard InChI is InChI=1S/C40H50N8O6/c1-23-9-19-31(47(23)35(49)39(3,4)45-37(51)54-8)33-41-21-29(43-33)27-15-11-25(12-16-27)26-13-17-28(18-14-26)30-22-42-34(44-30)32-20-10-24(2)48(32)36(50)40(5,6)46(7)38(52)53/h11-18,21-24,31-32H,9-10,19-20H2,1-8H3,(H,41,43)(H,42,44)(H,45,51)(H,52,53)/t23?,24-,31?,32-/m0/s1. The lowest BCUT2D eigenvalue weighted by molar-refractivity contribution is -0.144. The summed E-state index contributed by atoms with van der Waals surface area (Å²) in [6.45, 7) is 10.6. The van der Waals surface area contributed by atoms with Crippen molar-refractivity contribution in [3.63, 3.8) is 0 Å². The second-order valence-corrected chi connectivity index (χ2v) is 15.4. The lowest BCUT2D eigenvalue weighted by Gasteiger charge is -2.39. The Hall–Kier alpha value is -5.66. The number of nitrogens with zero attached hydrogens (tertiary/aromatic N) is 5. The van der Waals surface area contributed by atoms with Crippen LogP contribution in [0.5, 0.6) is 0 Å². The summed E-state index contributed by atoms with van der Waals surface area (Å²) in [6.07, 6.45) is 4.99. The van der Waals surface area contributed by atoms with Gasteiger partial charge in [-0.2, -0.15) is 0 Å².